The molecule has 0 N–H and O–H groups in total. The third kappa shape index (κ3) is 4.18. The van der Waals surface area contributed by atoms with Crippen molar-refractivity contribution in [2.45, 2.75) is 11.8 Å². The zero-order valence-electron chi connectivity index (χ0n) is 11.3. The van der Waals surface area contributed by atoms with Crippen LogP contribution in [0.4, 0.5) is 0 Å². The van der Waals surface area contributed by atoms with Crippen molar-refractivity contribution in [1.82, 2.24) is 4.90 Å². The number of likely N-dealkylation sites (N-methyl/N-ethyl adjacent to an activating group) is 1. The van der Waals surface area contributed by atoms with E-state index in [-0.39, 0.29) is 16.4 Å². The summed E-state index contributed by atoms with van der Waals surface area (Å²) >= 11 is 3.24. The van der Waals surface area contributed by atoms with Gasteiger partial charge in [-0.1, -0.05) is 15.9 Å². The SMILES string of the molecule is COCCN(C)C(=O)c1cc(Br)c(C)c(S(=O)(=O)Cl)c1. The topological polar surface area (TPSA) is 63.7 Å². The van der Waals surface area contributed by atoms with Gasteiger partial charge in [-0.3, -0.25) is 4.79 Å². The second kappa shape index (κ2) is 6.89. The van der Waals surface area contributed by atoms with E-state index in [1.807, 2.05) is 0 Å². The molecular formula is C12H15BrClNO4S. The third-order valence-electron chi connectivity index (χ3n) is 2.78. The minimum absolute atomic E-state index is 0.0722. The first-order valence-electron chi connectivity index (χ1n) is 5.67. The molecule has 8 heteroatoms. The highest BCUT2D eigenvalue weighted by atomic mass is 79.9. The molecule has 0 saturated carbocycles. The molecule has 0 unspecified atom stereocenters. The lowest BCUT2D eigenvalue weighted by Gasteiger charge is -2.17. The van der Waals surface area contributed by atoms with E-state index in [1.54, 1.807) is 27.1 Å². The lowest BCUT2D eigenvalue weighted by Crippen LogP contribution is -2.30. The van der Waals surface area contributed by atoms with E-state index in [0.717, 1.165) is 0 Å². The quantitative estimate of drug-likeness (QED) is 0.731. The molecule has 0 aliphatic carbocycles. The number of hydrogen-bond acceptors (Lipinski definition) is 4. The predicted molar refractivity (Wildman–Crippen MR) is 80.8 cm³/mol. The fourth-order valence-corrected chi connectivity index (χ4v) is 3.40. The zero-order chi connectivity index (χ0) is 15.5. The summed E-state index contributed by atoms with van der Waals surface area (Å²) in [5.41, 5.74) is 0.719. The molecule has 0 bridgehead atoms. The highest BCUT2D eigenvalue weighted by molar-refractivity contribution is 9.10. The van der Waals surface area contributed by atoms with Crippen LogP contribution in [0.3, 0.4) is 0 Å². The molecule has 1 aromatic carbocycles. The van der Waals surface area contributed by atoms with Crippen molar-refractivity contribution in [3.8, 4) is 0 Å². The van der Waals surface area contributed by atoms with Crippen LogP contribution in [0, 0.1) is 6.92 Å². The van der Waals surface area contributed by atoms with Crippen LogP contribution in [-0.2, 0) is 13.8 Å². The molecule has 1 amide bonds. The molecule has 20 heavy (non-hydrogen) atoms. The average Bonchev–Trinajstić information content (AvgIpc) is 2.36. The van der Waals surface area contributed by atoms with Gasteiger partial charge in [0.15, 0.2) is 0 Å². The highest BCUT2D eigenvalue weighted by Crippen LogP contribution is 2.28. The van der Waals surface area contributed by atoms with E-state index in [1.165, 1.54) is 11.0 Å². The zero-order valence-corrected chi connectivity index (χ0v) is 14.5. The average molecular weight is 385 g/mol. The van der Waals surface area contributed by atoms with Crippen molar-refractivity contribution in [1.29, 1.82) is 0 Å². The monoisotopic (exact) mass is 383 g/mol. The Morgan fingerprint density at radius 3 is 2.55 bits per heavy atom. The number of methoxy groups -OCH3 is 1. The van der Waals surface area contributed by atoms with Gasteiger partial charge in [-0.15, -0.1) is 0 Å². The van der Waals surface area contributed by atoms with Crippen molar-refractivity contribution in [3.05, 3.63) is 27.7 Å². The molecule has 0 heterocycles. The summed E-state index contributed by atoms with van der Waals surface area (Å²) in [7, 11) is 4.63. The molecular weight excluding hydrogens is 370 g/mol. The van der Waals surface area contributed by atoms with E-state index in [2.05, 4.69) is 15.9 Å². The van der Waals surface area contributed by atoms with Crippen molar-refractivity contribution in [2.24, 2.45) is 0 Å². The molecule has 1 aromatic rings. The van der Waals surface area contributed by atoms with Crippen LogP contribution in [0.1, 0.15) is 15.9 Å². The second-order valence-corrected chi connectivity index (χ2v) is 7.63. The summed E-state index contributed by atoms with van der Waals surface area (Å²) in [5, 5.41) is 0. The number of nitrogens with zero attached hydrogens (tertiary/aromatic N) is 1. The predicted octanol–water partition coefficient (Wildman–Crippen LogP) is 2.40. The van der Waals surface area contributed by atoms with E-state index >= 15 is 0 Å². The summed E-state index contributed by atoms with van der Waals surface area (Å²) in [6.45, 7) is 2.42. The number of rotatable bonds is 5. The maximum absolute atomic E-state index is 12.2. The Morgan fingerprint density at radius 1 is 1.45 bits per heavy atom. The molecule has 0 aliphatic heterocycles. The van der Waals surface area contributed by atoms with Gasteiger partial charge in [0, 0.05) is 41.4 Å². The summed E-state index contributed by atoms with van der Waals surface area (Å²) in [6.07, 6.45) is 0. The minimum atomic E-state index is -3.91. The van der Waals surface area contributed by atoms with Crippen LogP contribution in [0.2, 0.25) is 0 Å². The largest absolute Gasteiger partial charge is 0.383 e. The van der Waals surface area contributed by atoms with Gasteiger partial charge >= 0.3 is 0 Å². The Morgan fingerprint density at radius 2 is 2.05 bits per heavy atom. The molecule has 1 rings (SSSR count). The van der Waals surface area contributed by atoms with Crippen LogP contribution < -0.4 is 0 Å². The number of amides is 1. The molecule has 0 radical (unpaired) electrons. The molecule has 0 spiro atoms. The number of carbonyl (C=O) groups excluding carboxylic acids is 1. The fraction of sp³-hybridized carbons (Fsp3) is 0.417. The fourth-order valence-electron chi connectivity index (χ4n) is 1.58. The molecule has 112 valence electrons. The summed E-state index contributed by atoms with van der Waals surface area (Å²) in [5.74, 6) is -0.302. The van der Waals surface area contributed by atoms with Gasteiger partial charge in [0.05, 0.1) is 11.5 Å². The number of halogens is 2. The normalized spacial score (nSPS) is 11.4. The van der Waals surface area contributed by atoms with Gasteiger partial charge in [-0.05, 0) is 24.6 Å². The Hall–Kier alpha value is -0.630. The standard InChI is InChI=1S/C12H15BrClNO4S/c1-8-10(13)6-9(7-11(8)20(14,17)18)12(16)15(2)4-5-19-3/h6-7H,4-5H2,1-3H3. The number of hydrogen-bond donors (Lipinski definition) is 0. The molecule has 0 aromatic heterocycles. The molecule has 5 nitrogen and oxygen atoms in total. The maximum atomic E-state index is 12.2. The van der Waals surface area contributed by atoms with Gasteiger partial charge in [-0.25, -0.2) is 8.42 Å². The van der Waals surface area contributed by atoms with Crippen molar-refractivity contribution in [3.63, 3.8) is 0 Å². The van der Waals surface area contributed by atoms with Crippen LogP contribution in [0.25, 0.3) is 0 Å². The van der Waals surface area contributed by atoms with Crippen LogP contribution in [0.15, 0.2) is 21.5 Å². The van der Waals surface area contributed by atoms with Crippen molar-refractivity contribution >= 4 is 41.6 Å². The van der Waals surface area contributed by atoms with Crippen molar-refractivity contribution in [2.75, 3.05) is 27.3 Å². The van der Waals surface area contributed by atoms with Gasteiger partial charge in [0.1, 0.15) is 0 Å². The molecule has 0 aliphatic rings. The number of carbonyl (C=O) groups is 1. The lowest BCUT2D eigenvalue weighted by molar-refractivity contribution is 0.0744. The van der Waals surface area contributed by atoms with Gasteiger partial charge in [0.2, 0.25) is 0 Å². The highest BCUT2D eigenvalue weighted by Gasteiger charge is 2.20. The van der Waals surface area contributed by atoms with Crippen LogP contribution in [-0.4, -0.2) is 46.5 Å². The van der Waals surface area contributed by atoms with Gasteiger partial charge in [-0.2, -0.15) is 0 Å². The van der Waals surface area contributed by atoms with Gasteiger partial charge in [0.25, 0.3) is 15.0 Å². The van der Waals surface area contributed by atoms with E-state index in [9.17, 15) is 13.2 Å². The van der Waals surface area contributed by atoms with Gasteiger partial charge < -0.3 is 9.64 Å². The van der Waals surface area contributed by atoms with E-state index in [0.29, 0.717) is 23.2 Å². The summed E-state index contributed by atoms with van der Waals surface area (Å²) in [6, 6.07) is 2.86. The Bertz CT molecular complexity index is 618. The molecule has 0 atom stereocenters. The Labute approximate surface area is 131 Å². The third-order valence-corrected chi connectivity index (χ3v) is 5.06. The van der Waals surface area contributed by atoms with Crippen LogP contribution in [0.5, 0.6) is 0 Å². The molecule has 0 fully saturated rings. The second-order valence-electron chi connectivity index (χ2n) is 4.24. The first kappa shape index (κ1) is 17.4. The Balaban J connectivity index is 3.21. The minimum Gasteiger partial charge on any atom is -0.383 e. The van der Waals surface area contributed by atoms with Crippen molar-refractivity contribution < 1.29 is 17.9 Å². The lowest BCUT2D eigenvalue weighted by atomic mass is 10.1. The molecule has 0 saturated heterocycles. The number of ether oxygens (including phenoxy) is 1. The van der Waals surface area contributed by atoms with E-state index < -0.39 is 9.05 Å². The summed E-state index contributed by atoms with van der Waals surface area (Å²) in [4.78, 5) is 13.6. The summed E-state index contributed by atoms with van der Waals surface area (Å²) < 4.78 is 28.5. The number of benzene rings is 1. The smallest absolute Gasteiger partial charge is 0.261 e. The Kier molecular flexibility index (Phi) is 6.00. The maximum Gasteiger partial charge on any atom is 0.261 e. The van der Waals surface area contributed by atoms with E-state index in [4.69, 9.17) is 15.4 Å². The van der Waals surface area contributed by atoms with Crippen LogP contribution >= 0.6 is 26.6 Å². The first-order valence-corrected chi connectivity index (χ1v) is 8.78. The first-order chi connectivity index (χ1) is 9.18.